The second-order valence-electron chi connectivity index (χ2n) is 2.74. The summed E-state index contributed by atoms with van der Waals surface area (Å²) in [5.74, 6) is 0. The number of aliphatic hydroxyl groups is 1. The van der Waals surface area contributed by atoms with Gasteiger partial charge in [-0.15, -0.1) is 0 Å². The van der Waals surface area contributed by atoms with Gasteiger partial charge >= 0.3 is 0 Å². The van der Waals surface area contributed by atoms with E-state index in [2.05, 4.69) is 0 Å². The zero-order chi connectivity index (χ0) is 10.8. The van der Waals surface area contributed by atoms with Gasteiger partial charge in [0.15, 0.2) is 0 Å². The summed E-state index contributed by atoms with van der Waals surface area (Å²) in [7, 11) is 0. The van der Waals surface area contributed by atoms with Crippen molar-refractivity contribution in [1.82, 2.24) is 0 Å². The van der Waals surface area contributed by atoms with Crippen molar-refractivity contribution in [1.29, 1.82) is 5.26 Å². The smallest absolute Gasteiger partial charge is 0.146 e. The van der Waals surface area contributed by atoms with Gasteiger partial charge in [-0.25, -0.2) is 0 Å². The second-order valence-corrected chi connectivity index (χ2v) is 2.74. The molecule has 0 radical (unpaired) electrons. The number of nitriles is 1. The lowest BCUT2D eigenvalue weighted by atomic mass is 10.4. The molecule has 1 N–H and O–H groups in total. The number of ether oxygens (including phenoxy) is 3. The van der Waals surface area contributed by atoms with E-state index in [0.29, 0.717) is 6.61 Å². The van der Waals surface area contributed by atoms with Gasteiger partial charge in [0.1, 0.15) is 19.0 Å². The summed E-state index contributed by atoms with van der Waals surface area (Å²) in [4.78, 5) is 0. The molecule has 2 atom stereocenters. The van der Waals surface area contributed by atoms with Crippen molar-refractivity contribution in [3.63, 3.8) is 0 Å². The van der Waals surface area contributed by atoms with E-state index in [4.69, 9.17) is 19.5 Å². The molecule has 0 aromatic carbocycles. The number of hydrogen-bond acceptors (Lipinski definition) is 5. The van der Waals surface area contributed by atoms with E-state index >= 15 is 0 Å². The predicted octanol–water partition coefficient (Wildman–Crippen LogP) is 0.287. The van der Waals surface area contributed by atoms with Crippen LogP contribution in [0.5, 0.6) is 0 Å². The van der Waals surface area contributed by atoms with Crippen LogP contribution < -0.4 is 0 Å². The average molecular weight is 203 g/mol. The Hall–Kier alpha value is -0.670. The highest BCUT2D eigenvalue weighted by molar-refractivity contribution is 4.79. The lowest BCUT2D eigenvalue weighted by Gasteiger charge is -2.12. The summed E-state index contributed by atoms with van der Waals surface area (Å²) in [5.41, 5.74) is 0. The minimum Gasteiger partial charge on any atom is -0.388 e. The zero-order valence-corrected chi connectivity index (χ0v) is 8.60. The predicted molar refractivity (Wildman–Crippen MR) is 49.5 cm³/mol. The van der Waals surface area contributed by atoms with Crippen LogP contribution in [0.2, 0.25) is 0 Å². The van der Waals surface area contributed by atoms with E-state index in [1.54, 1.807) is 6.92 Å². The normalized spacial score (nSPS) is 14.7. The molecule has 0 aliphatic heterocycles. The largest absolute Gasteiger partial charge is 0.388 e. The maximum absolute atomic E-state index is 9.28. The van der Waals surface area contributed by atoms with Crippen molar-refractivity contribution in [2.24, 2.45) is 0 Å². The highest BCUT2D eigenvalue weighted by atomic mass is 16.7. The molecule has 0 rings (SSSR count). The quantitative estimate of drug-likeness (QED) is 0.453. The highest BCUT2D eigenvalue weighted by Crippen LogP contribution is 1.93. The number of rotatable bonds is 8. The lowest BCUT2D eigenvalue weighted by Crippen LogP contribution is -2.24. The molecule has 5 nitrogen and oxygen atoms in total. The molecular weight excluding hydrogens is 186 g/mol. The van der Waals surface area contributed by atoms with Crippen molar-refractivity contribution in [2.45, 2.75) is 26.1 Å². The first kappa shape index (κ1) is 13.3. The molecular formula is C9H17NO4. The minimum atomic E-state index is -0.716. The summed E-state index contributed by atoms with van der Waals surface area (Å²) >= 11 is 0. The summed E-state index contributed by atoms with van der Waals surface area (Å²) in [6.07, 6.45) is -1.22. The molecule has 82 valence electrons. The molecule has 2 unspecified atom stereocenters. The summed E-state index contributed by atoms with van der Waals surface area (Å²) in [6.45, 7) is 4.48. The Morgan fingerprint density at radius 3 is 2.64 bits per heavy atom. The van der Waals surface area contributed by atoms with Gasteiger partial charge in [-0.2, -0.15) is 5.26 Å². The number of aliphatic hydroxyl groups excluding tert-OH is 1. The topological polar surface area (TPSA) is 71.7 Å². The van der Waals surface area contributed by atoms with E-state index in [9.17, 15) is 5.11 Å². The Labute approximate surface area is 84.2 Å². The second kappa shape index (κ2) is 8.91. The molecule has 0 spiro atoms. The molecule has 0 saturated carbocycles. The fourth-order valence-corrected chi connectivity index (χ4v) is 0.667. The van der Waals surface area contributed by atoms with Gasteiger partial charge in [-0.05, 0) is 13.8 Å². The molecule has 14 heavy (non-hydrogen) atoms. The van der Waals surface area contributed by atoms with Crippen LogP contribution in [0.15, 0.2) is 0 Å². The van der Waals surface area contributed by atoms with Gasteiger partial charge < -0.3 is 19.3 Å². The van der Waals surface area contributed by atoms with Crippen molar-refractivity contribution < 1.29 is 19.3 Å². The molecule has 0 heterocycles. The van der Waals surface area contributed by atoms with Crippen LogP contribution in [0.4, 0.5) is 0 Å². The van der Waals surface area contributed by atoms with E-state index in [1.165, 1.54) is 0 Å². The van der Waals surface area contributed by atoms with Gasteiger partial charge in [0.05, 0.1) is 19.3 Å². The van der Waals surface area contributed by atoms with E-state index in [-0.39, 0.29) is 20.0 Å². The van der Waals surface area contributed by atoms with Crippen molar-refractivity contribution in [2.75, 3.05) is 26.6 Å². The highest BCUT2D eigenvalue weighted by Gasteiger charge is 2.07. The molecule has 0 fully saturated rings. The molecule has 5 heteroatoms. The van der Waals surface area contributed by atoms with Crippen LogP contribution in [0.25, 0.3) is 0 Å². The van der Waals surface area contributed by atoms with Crippen LogP contribution in [0.1, 0.15) is 13.8 Å². The number of nitrogens with zero attached hydrogens (tertiary/aromatic N) is 1. The van der Waals surface area contributed by atoms with Gasteiger partial charge in [-0.1, -0.05) is 0 Å². The Morgan fingerprint density at radius 1 is 1.36 bits per heavy atom. The fourth-order valence-electron chi connectivity index (χ4n) is 0.667. The van der Waals surface area contributed by atoms with Gasteiger partial charge in [0.2, 0.25) is 0 Å². The third-order valence-electron chi connectivity index (χ3n) is 1.40. The summed E-state index contributed by atoms with van der Waals surface area (Å²) in [5, 5.41) is 17.7. The number of hydrogen-bond donors (Lipinski definition) is 1. The third kappa shape index (κ3) is 7.95. The maximum atomic E-state index is 9.28. The Balaban J connectivity index is 3.28. The van der Waals surface area contributed by atoms with E-state index in [0.717, 1.165) is 0 Å². The zero-order valence-electron chi connectivity index (χ0n) is 8.60. The van der Waals surface area contributed by atoms with Crippen molar-refractivity contribution >= 4 is 0 Å². The van der Waals surface area contributed by atoms with Crippen LogP contribution in [0, 0.1) is 11.3 Å². The monoisotopic (exact) mass is 203 g/mol. The fraction of sp³-hybridized carbons (Fsp3) is 0.889. The molecule has 0 amide bonds. The first-order valence-electron chi connectivity index (χ1n) is 4.55. The summed E-state index contributed by atoms with van der Waals surface area (Å²) in [6, 6.07) is 1.90. The van der Waals surface area contributed by atoms with Crippen LogP contribution in [0.3, 0.4) is 0 Å². The van der Waals surface area contributed by atoms with Crippen LogP contribution >= 0.6 is 0 Å². The molecule has 0 aromatic rings. The Kier molecular flexibility index (Phi) is 8.48. The summed E-state index contributed by atoms with van der Waals surface area (Å²) < 4.78 is 14.8. The third-order valence-corrected chi connectivity index (χ3v) is 1.40. The molecule has 0 bridgehead atoms. The van der Waals surface area contributed by atoms with E-state index in [1.807, 2.05) is 13.0 Å². The lowest BCUT2D eigenvalue weighted by molar-refractivity contribution is -0.0912. The van der Waals surface area contributed by atoms with Crippen LogP contribution in [-0.4, -0.2) is 43.9 Å². The molecule has 0 saturated heterocycles. The van der Waals surface area contributed by atoms with E-state index < -0.39 is 12.2 Å². The van der Waals surface area contributed by atoms with Gasteiger partial charge in [0.25, 0.3) is 0 Å². The van der Waals surface area contributed by atoms with Crippen molar-refractivity contribution in [3.8, 4) is 6.07 Å². The first-order chi connectivity index (χ1) is 6.70. The minimum absolute atomic E-state index is 0.0981. The molecule has 0 aliphatic carbocycles. The average Bonchev–Trinajstić information content (AvgIpc) is 2.21. The first-order valence-corrected chi connectivity index (χ1v) is 4.55. The van der Waals surface area contributed by atoms with Crippen molar-refractivity contribution in [3.05, 3.63) is 0 Å². The van der Waals surface area contributed by atoms with Gasteiger partial charge in [-0.3, -0.25) is 0 Å². The Morgan fingerprint density at radius 2 is 2.07 bits per heavy atom. The maximum Gasteiger partial charge on any atom is 0.146 e. The molecule has 0 aliphatic rings. The standard InChI is InChI=1S/C9H17NO4/c1-3-12-7-13-5-9(11)6-14-8(2)4-10/h8-9,11H,3,5-7H2,1-2H3. The Bertz CT molecular complexity index is 169. The molecule has 0 aromatic heterocycles. The SMILES string of the molecule is CCOCOCC(O)COC(C)C#N. The van der Waals surface area contributed by atoms with Crippen LogP contribution in [-0.2, 0) is 14.2 Å². The van der Waals surface area contributed by atoms with Gasteiger partial charge in [0, 0.05) is 6.61 Å².